The van der Waals surface area contributed by atoms with Crippen LogP contribution in [0.15, 0.2) is 48.7 Å². The fourth-order valence-corrected chi connectivity index (χ4v) is 2.75. The van der Waals surface area contributed by atoms with Crippen molar-refractivity contribution < 1.29 is 4.39 Å². The van der Waals surface area contributed by atoms with Gasteiger partial charge in [-0.1, -0.05) is 29.8 Å². The molecule has 2 nitrogen and oxygen atoms in total. The van der Waals surface area contributed by atoms with E-state index in [4.69, 9.17) is 17.3 Å². The molecule has 3 rings (SSSR count). The van der Waals surface area contributed by atoms with Crippen molar-refractivity contribution in [3.05, 3.63) is 70.6 Å². The first kappa shape index (κ1) is 14.1. The maximum absolute atomic E-state index is 13.1. The number of hydrogen-bond donors (Lipinski definition) is 1. The zero-order valence-electron chi connectivity index (χ0n) is 11.5. The van der Waals surface area contributed by atoms with Gasteiger partial charge in [0.15, 0.2) is 0 Å². The summed E-state index contributed by atoms with van der Waals surface area (Å²) in [6, 6.07) is 12.9. The van der Waals surface area contributed by atoms with Crippen molar-refractivity contribution in [2.75, 3.05) is 6.54 Å². The summed E-state index contributed by atoms with van der Waals surface area (Å²) < 4.78 is 15.2. The molecular weight excluding hydrogens is 287 g/mol. The number of aromatic nitrogens is 1. The average Bonchev–Trinajstić information content (AvgIpc) is 2.85. The second kappa shape index (κ2) is 5.88. The van der Waals surface area contributed by atoms with E-state index in [0.717, 1.165) is 17.5 Å². The smallest absolute Gasteiger partial charge is 0.124 e. The van der Waals surface area contributed by atoms with Gasteiger partial charge in [-0.25, -0.2) is 4.39 Å². The maximum Gasteiger partial charge on any atom is 0.124 e. The Hall–Kier alpha value is -1.84. The van der Waals surface area contributed by atoms with Crippen molar-refractivity contribution >= 4 is 22.5 Å². The Bertz CT molecular complexity index is 780. The number of hydrogen-bond acceptors (Lipinski definition) is 1. The van der Waals surface area contributed by atoms with Crippen LogP contribution in [0.5, 0.6) is 0 Å². The monoisotopic (exact) mass is 302 g/mol. The lowest BCUT2D eigenvalue weighted by molar-refractivity contribution is 0.626. The van der Waals surface area contributed by atoms with E-state index in [9.17, 15) is 4.39 Å². The molecule has 1 aromatic heterocycles. The van der Waals surface area contributed by atoms with Gasteiger partial charge in [0.1, 0.15) is 5.82 Å². The average molecular weight is 303 g/mol. The van der Waals surface area contributed by atoms with Gasteiger partial charge < -0.3 is 10.3 Å². The highest BCUT2D eigenvalue weighted by Crippen LogP contribution is 2.23. The van der Waals surface area contributed by atoms with Gasteiger partial charge >= 0.3 is 0 Å². The molecule has 0 bridgehead atoms. The topological polar surface area (TPSA) is 30.9 Å². The minimum absolute atomic E-state index is 0.314. The van der Waals surface area contributed by atoms with E-state index in [1.165, 1.54) is 23.1 Å². The van der Waals surface area contributed by atoms with Crippen LogP contribution >= 0.6 is 11.6 Å². The van der Waals surface area contributed by atoms with Crippen molar-refractivity contribution in [1.29, 1.82) is 0 Å². The molecule has 21 heavy (non-hydrogen) atoms. The first-order valence-electron chi connectivity index (χ1n) is 6.89. The van der Waals surface area contributed by atoms with Crippen LogP contribution in [-0.4, -0.2) is 11.1 Å². The Morgan fingerprint density at radius 2 is 1.95 bits per heavy atom. The highest BCUT2D eigenvalue weighted by molar-refractivity contribution is 6.31. The van der Waals surface area contributed by atoms with Gasteiger partial charge in [0, 0.05) is 23.3 Å². The lowest BCUT2D eigenvalue weighted by Crippen LogP contribution is -2.03. The number of benzene rings is 2. The highest BCUT2D eigenvalue weighted by Gasteiger charge is 2.06. The van der Waals surface area contributed by atoms with Crippen molar-refractivity contribution in [1.82, 2.24) is 4.57 Å². The molecule has 108 valence electrons. The number of nitrogens with zero attached hydrogens (tertiary/aromatic N) is 1. The SMILES string of the molecule is NCCc1ccc2ccn(Cc3ccc(F)cc3Cl)c2c1. The number of halogens is 2. The van der Waals surface area contributed by atoms with Gasteiger partial charge in [0.2, 0.25) is 0 Å². The standard InChI is InChI=1S/C17H16ClFN2/c18-16-10-15(19)4-3-14(16)11-21-8-6-13-2-1-12(5-7-20)9-17(13)21/h1-4,6,8-10H,5,7,11,20H2. The van der Waals surface area contributed by atoms with Gasteiger partial charge in [-0.2, -0.15) is 0 Å². The third kappa shape index (κ3) is 2.94. The Morgan fingerprint density at radius 3 is 2.71 bits per heavy atom. The van der Waals surface area contributed by atoms with E-state index >= 15 is 0 Å². The molecule has 0 fully saturated rings. The Labute approximate surface area is 127 Å². The summed E-state index contributed by atoms with van der Waals surface area (Å²) in [7, 11) is 0. The summed E-state index contributed by atoms with van der Waals surface area (Å²) >= 11 is 6.11. The molecule has 0 aliphatic heterocycles. The first-order valence-corrected chi connectivity index (χ1v) is 7.27. The predicted molar refractivity (Wildman–Crippen MR) is 85.2 cm³/mol. The second-order valence-electron chi connectivity index (χ2n) is 5.11. The fourth-order valence-electron chi connectivity index (χ4n) is 2.52. The zero-order chi connectivity index (χ0) is 14.8. The van der Waals surface area contributed by atoms with Gasteiger partial charge in [-0.3, -0.25) is 0 Å². The molecule has 0 atom stereocenters. The zero-order valence-corrected chi connectivity index (χ0v) is 12.3. The molecule has 0 aliphatic carbocycles. The van der Waals surface area contributed by atoms with Crippen LogP contribution < -0.4 is 5.73 Å². The Balaban J connectivity index is 1.98. The van der Waals surface area contributed by atoms with Crippen LogP contribution in [0.25, 0.3) is 10.9 Å². The van der Waals surface area contributed by atoms with E-state index < -0.39 is 0 Å². The van der Waals surface area contributed by atoms with Crippen LogP contribution in [0.3, 0.4) is 0 Å². The molecule has 0 radical (unpaired) electrons. The van der Waals surface area contributed by atoms with Gasteiger partial charge in [0.05, 0.1) is 0 Å². The van der Waals surface area contributed by atoms with Gasteiger partial charge in [-0.05, 0) is 53.7 Å². The molecule has 0 amide bonds. The van der Waals surface area contributed by atoms with Gasteiger partial charge in [-0.15, -0.1) is 0 Å². The summed E-state index contributed by atoms with van der Waals surface area (Å²) in [5.74, 6) is -0.314. The fraction of sp³-hybridized carbons (Fsp3) is 0.176. The van der Waals surface area contributed by atoms with Crippen molar-refractivity contribution in [3.8, 4) is 0 Å². The third-order valence-corrected chi connectivity index (χ3v) is 3.98. The summed E-state index contributed by atoms with van der Waals surface area (Å²) in [6.07, 6.45) is 2.88. The molecular formula is C17H16ClFN2. The van der Waals surface area contributed by atoms with Crippen LogP contribution in [-0.2, 0) is 13.0 Å². The predicted octanol–water partition coefficient (Wildman–Crippen LogP) is 3.98. The molecule has 0 spiro atoms. The Morgan fingerprint density at radius 1 is 1.10 bits per heavy atom. The Kier molecular flexibility index (Phi) is 3.95. The summed E-state index contributed by atoms with van der Waals surface area (Å²) in [4.78, 5) is 0. The molecule has 0 aliphatic rings. The molecule has 1 heterocycles. The number of fused-ring (bicyclic) bond motifs is 1. The minimum atomic E-state index is -0.314. The minimum Gasteiger partial charge on any atom is -0.343 e. The van der Waals surface area contributed by atoms with Gasteiger partial charge in [0.25, 0.3) is 0 Å². The number of rotatable bonds is 4. The van der Waals surface area contributed by atoms with Crippen LogP contribution in [0.1, 0.15) is 11.1 Å². The quantitative estimate of drug-likeness (QED) is 0.776. The van der Waals surface area contributed by atoms with Crippen LogP contribution in [0.4, 0.5) is 4.39 Å². The van der Waals surface area contributed by atoms with Crippen LogP contribution in [0, 0.1) is 5.82 Å². The van der Waals surface area contributed by atoms with E-state index in [2.05, 4.69) is 28.8 Å². The molecule has 0 unspecified atom stereocenters. The summed E-state index contributed by atoms with van der Waals surface area (Å²) in [6.45, 7) is 1.25. The number of nitrogens with two attached hydrogens (primary N) is 1. The first-order chi connectivity index (χ1) is 10.2. The van der Waals surface area contributed by atoms with E-state index in [1.54, 1.807) is 6.07 Å². The molecule has 2 aromatic carbocycles. The third-order valence-electron chi connectivity index (χ3n) is 3.63. The maximum atomic E-state index is 13.1. The molecule has 3 aromatic rings. The molecule has 4 heteroatoms. The van der Waals surface area contributed by atoms with Crippen LogP contribution in [0.2, 0.25) is 5.02 Å². The lowest BCUT2D eigenvalue weighted by atomic mass is 10.1. The lowest BCUT2D eigenvalue weighted by Gasteiger charge is -2.09. The summed E-state index contributed by atoms with van der Waals surface area (Å²) in [5.41, 5.74) is 8.88. The van der Waals surface area contributed by atoms with E-state index in [-0.39, 0.29) is 5.82 Å². The van der Waals surface area contributed by atoms with E-state index in [0.29, 0.717) is 18.1 Å². The highest BCUT2D eigenvalue weighted by atomic mass is 35.5. The normalized spacial score (nSPS) is 11.2. The molecule has 0 saturated heterocycles. The molecule has 0 saturated carbocycles. The largest absolute Gasteiger partial charge is 0.343 e. The second-order valence-corrected chi connectivity index (χ2v) is 5.52. The van der Waals surface area contributed by atoms with E-state index in [1.807, 2.05) is 6.20 Å². The van der Waals surface area contributed by atoms with Crippen molar-refractivity contribution in [3.63, 3.8) is 0 Å². The van der Waals surface area contributed by atoms with Crippen molar-refractivity contribution in [2.24, 2.45) is 5.73 Å². The van der Waals surface area contributed by atoms with Crippen molar-refractivity contribution in [2.45, 2.75) is 13.0 Å². The molecule has 2 N–H and O–H groups in total. The summed E-state index contributed by atoms with van der Waals surface area (Å²) in [5, 5.41) is 1.63.